The lowest BCUT2D eigenvalue weighted by atomic mass is 9.33. The quantitative estimate of drug-likeness (QED) is 0.149. The van der Waals surface area contributed by atoms with E-state index in [0.717, 1.165) is 154 Å². The number of hydrogen-bond donors (Lipinski definition) is 0. The van der Waals surface area contributed by atoms with Gasteiger partial charge < -0.3 is 32.2 Å². The second-order valence-electron chi connectivity index (χ2n) is 31.5. The third kappa shape index (κ3) is 8.34. The Morgan fingerprint density at radius 2 is 0.684 bits per heavy atom. The Bertz CT molecular complexity index is 8840. The molecule has 9 heterocycles. The smallest absolute Gasteiger partial charge is 0.252 e. The first-order chi connectivity index (χ1) is 62.8. The molecule has 17 aromatic carbocycles. The van der Waals surface area contributed by atoms with Crippen molar-refractivity contribution in [2.45, 2.75) is 26.2 Å². The number of para-hydroxylation sites is 10. The summed E-state index contributed by atoms with van der Waals surface area (Å²) in [6.07, 6.45) is 0. The molecule has 24 aromatic rings. The molecule has 0 saturated heterocycles. The van der Waals surface area contributed by atoms with Crippen molar-refractivity contribution in [3.8, 4) is 44.8 Å². The van der Waals surface area contributed by atoms with E-state index in [2.05, 4.69) is 233 Å². The minimum Gasteiger partial charge on any atom is -0.456 e. The lowest BCUT2D eigenvalue weighted by Gasteiger charge is -2.45. The average molecular weight is 1470 g/mol. The fourth-order valence-electron chi connectivity index (χ4n) is 19.8. The normalized spacial score (nSPS) is 15.1. The first-order valence-corrected chi connectivity index (χ1v) is 38.4. The van der Waals surface area contributed by atoms with Gasteiger partial charge in [-0.15, -0.1) is 0 Å². The summed E-state index contributed by atoms with van der Waals surface area (Å²) < 4.78 is 167. The van der Waals surface area contributed by atoms with Gasteiger partial charge in [0.25, 0.3) is 6.71 Å². The summed E-state index contributed by atoms with van der Waals surface area (Å²) in [5.41, 5.74) is 20.0. The molecule has 0 fully saturated rings. The van der Waals surface area contributed by atoms with Crippen molar-refractivity contribution in [1.82, 2.24) is 17.9 Å². The lowest BCUT2D eigenvalue weighted by molar-refractivity contribution is 0.590. The number of nitrogens with zero attached hydrogens (tertiary/aromatic N) is 6. The number of hydrogen-bond acceptors (Lipinski definition) is 3. The van der Waals surface area contributed by atoms with Gasteiger partial charge in [0.15, 0.2) is 0 Å². The van der Waals surface area contributed by atoms with Crippen LogP contribution in [-0.2, 0) is 5.41 Å². The standard InChI is InChI=1S/C106H67BN6O/c1-106(2,3)66-44-46-67(47-45-66)108-96-60-68(109-88-34-13-4-23-72(88)73-24-5-14-35-89(73)109)48-50-86(96)107-87-51-49-69(110-90-36-15-6-25-74(90)75-26-7-16-37-91(75)110)61-97(87)113(99-59-63(58-98(108)102(99)107)62-43-52-101-81(53-62)80-31-12-21-42-100(80)114-101)103-70(64-54-82-76-27-8-17-38-92(76)111-93-39-18-9-28-77(93)83(55-64)104(82)111)32-22-33-71(103)65-56-84-78-29-10-19-40-94(78)112-95-41-20-11-30-79(95)85(57-65)105(84)112/h4-61H,1-3H3/i4D,5D,6D,7D,13D,14D,15D,16D,23D,24D,25D,26D,34D,35D,36D,37D. The topological polar surface area (TPSA) is 38.3 Å². The van der Waals surface area contributed by atoms with Crippen LogP contribution in [-0.4, -0.2) is 24.6 Å². The molecule has 0 unspecified atom stereocenters. The zero-order valence-electron chi connectivity index (χ0n) is 77.4. The molecule has 0 saturated carbocycles. The highest BCUT2D eigenvalue weighted by Crippen LogP contribution is 2.55. The van der Waals surface area contributed by atoms with Crippen molar-refractivity contribution in [1.29, 1.82) is 0 Å². The molecule has 2 aliphatic rings. The second-order valence-corrected chi connectivity index (χ2v) is 31.5. The van der Waals surface area contributed by atoms with E-state index in [1.54, 1.807) is 9.13 Å². The van der Waals surface area contributed by atoms with Crippen molar-refractivity contribution < 1.29 is 26.3 Å². The minimum atomic E-state index is -0.802. The molecule has 0 amide bonds. The van der Waals surface area contributed by atoms with Gasteiger partial charge in [-0.05, 0) is 189 Å². The van der Waals surface area contributed by atoms with Gasteiger partial charge in [-0.1, -0.05) is 233 Å². The van der Waals surface area contributed by atoms with Crippen molar-refractivity contribution in [2.24, 2.45) is 0 Å². The van der Waals surface area contributed by atoms with E-state index in [-0.39, 0.29) is 49.0 Å². The van der Waals surface area contributed by atoms with E-state index < -0.39 is 103 Å². The van der Waals surface area contributed by atoms with E-state index >= 15 is 0 Å². The fraction of sp³-hybridized carbons (Fsp3) is 0.0377. The Balaban J connectivity index is 0.863. The number of benzene rings is 17. The highest BCUT2D eigenvalue weighted by molar-refractivity contribution is 7.00. The van der Waals surface area contributed by atoms with Crippen LogP contribution in [0.2, 0.25) is 0 Å². The maximum atomic E-state index is 10.1. The molecule has 7 nitrogen and oxygen atoms in total. The molecule has 0 aliphatic carbocycles. The Morgan fingerprint density at radius 1 is 0.289 bits per heavy atom. The van der Waals surface area contributed by atoms with Crippen LogP contribution in [0.3, 0.4) is 0 Å². The van der Waals surface area contributed by atoms with Gasteiger partial charge in [-0.3, -0.25) is 0 Å². The van der Waals surface area contributed by atoms with Gasteiger partial charge in [0.2, 0.25) is 0 Å². The first-order valence-electron chi connectivity index (χ1n) is 46.4. The molecular formula is C106H67BN6O. The molecule has 8 heteroatoms. The van der Waals surface area contributed by atoms with E-state index in [9.17, 15) is 19.2 Å². The van der Waals surface area contributed by atoms with Crippen LogP contribution in [0, 0.1) is 0 Å². The number of rotatable bonds is 7. The molecule has 0 spiro atoms. The van der Waals surface area contributed by atoms with Crippen LogP contribution in [0.15, 0.2) is 356 Å². The van der Waals surface area contributed by atoms with E-state index in [4.69, 9.17) is 7.16 Å². The van der Waals surface area contributed by atoms with Crippen LogP contribution in [0.4, 0.5) is 34.1 Å². The molecular weight excluding hydrogens is 1380 g/mol. The maximum absolute atomic E-state index is 10.1. The molecule has 0 bridgehead atoms. The van der Waals surface area contributed by atoms with Crippen LogP contribution in [0.1, 0.15) is 48.3 Å². The zero-order valence-corrected chi connectivity index (χ0v) is 61.4. The Hall–Kier alpha value is -14.6. The van der Waals surface area contributed by atoms with E-state index in [0.29, 0.717) is 45.3 Å². The molecule has 530 valence electrons. The van der Waals surface area contributed by atoms with Gasteiger partial charge in [-0.2, -0.15) is 0 Å². The van der Waals surface area contributed by atoms with Gasteiger partial charge >= 0.3 is 0 Å². The van der Waals surface area contributed by atoms with E-state index in [1.165, 1.54) is 0 Å². The van der Waals surface area contributed by atoms with E-state index in [1.807, 2.05) is 60.7 Å². The summed E-state index contributed by atoms with van der Waals surface area (Å²) in [6.45, 7) is 5.70. The second kappa shape index (κ2) is 22.6. The third-order valence-corrected chi connectivity index (χ3v) is 24.6. The van der Waals surface area contributed by atoms with Crippen LogP contribution in [0.5, 0.6) is 0 Å². The Labute approximate surface area is 677 Å². The molecule has 0 N–H and O–H groups in total. The molecule has 0 atom stereocenters. The molecule has 114 heavy (non-hydrogen) atoms. The van der Waals surface area contributed by atoms with Gasteiger partial charge in [0.1, 0.15) is 11.2 Å². The van der Waals surface area contributed by atoms with Gasteiger partial charge in [0, 0.05) is 126 Å². The van der Waals surface area contributed by atoms with Crippen LogP contribution >= 0.6 is 0 Å². The predicted molar refractivity (Wildman–Crippen MR) is 481 cm³/mol. The number of anilines is 6. The van der Waals surface area contributed by atoms with Crippen LogP contribution in [0.25, 0.3) is 186 Å². The Kier molecular flexibility index (Phi) is 9.67. The maximum Gasteiger partial charge on any atom is 0.252 e. The van der Waals surface area contributed by atoms with Gasteiger partial charge in [0.05, 0.1) is 82.8 Å². The fourth-order valence-corrected chi connectivity index (χ4v) is 19.8. The molecule has 2 aliphatic heterocycles. The Morgan fingerprint density at radius 3 is 1.15 bits per heavy atom. The monoisotopic (exact) mass is 1470 g/mol. The summed E-state index contributed by atoms with van der Waals surface area (Å²) in [5, 5.41) is 9.80. The summed E-state index contributed by atoms with van der Waals surface area (Å²) in [7, 11) is 0. The largest absolute Gasteiger partial charge is 0.456 e. The highest BCUT2D eigenvalue weighted by Gasteiger charge is 2.46. The van der Waals surface area contributed by atoms with Crippen molar-refractivity contribution in [3.63, 3.8) is 0 Å². The number of furan rings is 1. The minimum absolute atomic E-state index is 0.0527. The number of fused-ring (bicyclic) bond motifs is 25. The molecule has 7 aromatic heterocycles. The predicted octanol–water partition coefficient (Wildman–Crippen LogP) is 26.5. The van der Waals surface area contributed by atoms with Crippen molar-refractivity contribution in [2.75, 3.05) is 9.80 Å². The lowest BCUT2D eigenvalue weighted by Crippen LogP contribution is -2.61. The third-order valence-electron chi connectivity index (χ3n) is 24.6. The van der Waals surface area contributed by atoms with Crippen molar-refractivity contribution in [3.05, 3.63) is 357 Å². The van der Waals surface area contributed by atoms with Gasteiger partial charge in [-0.25, -0.2) is 0 Å². The highest BCUT2D eigenvalue weighted by atomic mass is 16.3. The van der Waals surface area contributed by atoms with Crippen LogP contribution < -0.4 is 26.2 Å². The number of aromatic nitrogens is 4. The summed E-state index contributed by atoms with van der Waals surface area (Å²) in [5.74, 6) is 0. The first kappa shape index (κ1) is 48.8. The summed E-state index contributed by atoms with van der Waals surface area (Å²) >= 11 is 0. The summed E-state index contributed by atoms with van der Waals surface area (Å²) in [6, 6.07) is 80.6. The molecule has 0 radical (unpaired) electrons. The summed E-state index contributed by atoms with van der Waals surface area (Å²) in [4.78, 5) is 4.61. The SMILES string of the molecule is [2H]c1c([2H])c([2H])c2c(c1[2H])c1c([2H])c([2H])c([2H])c([2H])c1n2-c1ccc2c(c1)N(c1ccc(C(C)(C)C)cc1)c1cc(-c3ccc4oc5ccccc5c4c3)cc3c1B2c1ccc(-n2c4c([2H])c([2H])c([2H])c([2H])c4c4c([2H])c([2H])c([2H])c([2H])c42)cc1N3c1c(-c2cc3c4ccccc4n4c5ccccc5c(c2)c34)cccc1-c1cc2c3ccccc3n3c4ccccc4c(c1)c23. The molecule has 26 rings (SSSR count). The zero-order chi connectivity index (χ0) is 88.6. The average Bonchev–Trinajstić information content (AvgIpc) is 0.801. The van der Waals surface area contributed by atoms with Crippen molar-refractivity contribution >= 4 is 199 Å².